The fourth-order valence-electron chi connectivity index (χ4n) is 3.98. The average Bonchev–Trinajstić information content (AvgIpc) is 3.51. The highest BCUT2D eigenvalue weighted by molar-refractivity contribution is 5.97. The molecule has 0 aromatic heterocycles. The van der Waals surface area contributed by atoms with Crippen LogP contribution in [-0.4, -0.2) is 48.6 Å². The van der Waals surface area contributed by atoms with Gasteiger partial charge in [0.25, 0.3) is 0 Å². The van der Waals surface area contributed by atoms with E-state index in [0.29, 0.717) is 25.4 Å². The number of hydrogen-bond acceptors (Lipinski definition) is 6. The van der Waals surface area contributed by atoms with E-state index in [1.165, 1.54) is 12.8 Å². The Bertz CT molecular complexity index is 937. The van der Waals surface area contributed by atoms with Crippen molar-refractivity contribution in [1.82, 2.24) is 15.6 Å². The van der Waals surface area contributed by atoms with Crippen LogP contribution in [0, 0.1) is 5.92 Å². The van der Waals surface area contributed by atoms with Crippen LogP contribution in [0.25, 0.3) is 0 Å². The smallest absolute Gasteiger partial charge is 0.222 e. The minimum Gasteiger partial charge on any atom is -0.392 e. The SMILES string of the molecule is C=CC1NN=CC1/C=C/NC(/C=C/CCCC)c1ccc(/C(N)=N/OCCN2CCCC2=O)cc1. The van der Waals surface area contributed by atoms with Crippen molar-refractivity contribution in [1.29, 1.82) is 0 Å². The van der Waals surface area contributed by atoms with Crippen LogP contribution < -0.4 is 16.5 Å². The van der Waals surface area contributed by atoms with Crippen molar-refractivity contribution in [2.75, 3.05) is 19.7 Å². The molecule has 1 aromatic carbocycles. The number of rotatable bonds is 14. The molecule has 0 aliphatic carbocycles. The Morgan fingerprint density at radius 3 is 2.97 bits per heavy atom. The Kier molecular flexibility index (Phi) is 10.4. The Labute approximate surface area is 208 Å². The number of nitrogens with one attached hydrogen (secondary N) is 2. The first-order valence-corrected chi connectivity index (χ1v) is 12.5. The first-order chi connectivity index (χ1) is 17.1. The summed E-state index contributed by atoms with van der Waals surface area (Å²) in [5, 5.41) is 11.6. The molecule has 3 unspecified atom stereocenters. The largest absolute Gasteiger partial charge is 0.392 e. The number of likely N-dealkylation sites (tertiary alicyclic amines) is 1. The number of benzene rings is 1. The Balaban J connectivity index is 1.58. The lowest BCUT2D eigenvalue weighted by atomic mass is 10.0. The molecule has 4 N–H and O–H groups in total. The molecule has 8 heteroatoms. The summed E-state index contributed by atoms with van der Waals surface area (Å²) in [6.07, 6.45) is 17.2. The van der Waals surface area contributed by atoms with E-state index in [0.717, 1.165) is 30.5 Å². The van der Waals surface area contributed by atoms with E-state index >= 15 is 0 Å². The van der Waals surface area contributed by atoms with Gasteiger partial charge in [-0.2, -0.15) is 5.10 Å². The molecule has 0 spiro atoms. The zero-order valence-electron chi connectivity index (χ0n) is 20.6. The van der Waals surface area contributed by atoms with Gasteiger partial charge in [0.1, 0.15) is 6.61 Å². The number of carbonyl (C=O) groups is 1. The van der Waals surface area contributed by atoms with E-state index in [9.17, 15) is 4.79 Å². The predicted octanol–water partition coefficient (Wildman–Crippen LogP) is 3.60. The second-order valence-corrected chi connectivity index (χ2v) is 8.74. The Morgan fingerprint density at radius 1 is 1.43 bits per heavy atom. The number of amidine groups is 1. The number of allylic oxidation sites excluding steroid dienone is 1. The monoisotopic (exact) mass is 478 g/mol. The molecule has 0 radical (unpaired) electrons. The molecular weight excluding hydrogens is 440 g/mol. The minimum atomic E-state index is 0.0260. The van der Waals surface area contributed by atoms with Gasteiger partial charge in [0, 0.05) is 30.7 Å². The third-order valence-electron chi connectivity index (χ3n) is 6.14. The number of nitrogens with two attached hydrogens (primary N) is 1. The molecule has 8 nitrogen and oxygen atoms in total. The van der Waals surface area contributed by atoms with E-state index in [-0.39, 0.29) is 23.9 Å². The summed E-state index contributed by atoms with van der Waals surface area (Å²) in [6.45, 7) is 7.71. The molecule has 2 aliphatic heterocycles. The summed E-state index contributed by atoms with van der Waals surface area (Å²) >= 11 is 0. The molecule has 1 saturated heterocycles. The van der Waals surface area contributed by atoms with Gasteiger partial charge >= 0.3 is 0 Å². The van der Waals surface area contributed by atoms with Crippen LogP contribution in [0.3, 0.4) is 0 Å². The van der Waals surface area contributed by atoms with Crippen molar-refractivity contribution < 1.29 is 9.63 Å². The maximum atomic E-state index is 11.7. The topological polar surface area (TPSA) is 104 Å². The van der Waals surface area contributed by atoms with Crippen molar-refractivity contribution >= 4 is 18.0 Å². The molecule has 3 atom stereocenters. The van der Waals surface area contributed by atoms with Gasteiger partial charge in [0.05, 0.1) is 18.6 Å². The lowest BCUT2D eigenvalue weighted by molar-refractivity contribution is -0.128. The zero-order chi connectivity index (χ0) is 24.9. The highest BCUT2D eigenvalue weighted by atomic mass is 16.6. The van der Waals surface area contributed by atoms with Gasteiger partial charge in [-0.15, -0.1) is 6.58 Å². The number of hydrogen-bond donors (Lipinski definition) is 3. The molecule has 1 amide bonds. The van der Waals surface area contributed by atoms with Crippen LogP contribution in [0.15, 0.2) is 71.6 Å². The first kappa shape index (κ1) is 26.1. The normalized spacial score (nSPS) is 21.1. The van der Waals surface area contributed by atoms with Crippen LogP contribution >= 0.6 is 0 Å². The van der Waals surface area contributed by atoms with Crippen molar-refractivity contribution in [3.63, 3.8) is 0 Å². The first-order valence-electron chi connectivity index (χ1n) is 12.5. The molecule has 3 rings (SSSR count). The second-order valence-electron chi connectivity index (χ2n) is 8.74. The minimum absolute atomic E-state index is 0.0260. The van der Waals surface area contributed by atoms with Crippen molar-refractivity contribution in [2.45, 2.75) is 51.1 Å². The number of amides is 1. The fourth-order valence-corrected chi connectivity index (χ4v) is 3.98. The number of nitrogens with zero attached hydrogens (tertiary/aromatic N) is 3. The van der Waals surface area contributed by atoms with Gasteiger partial charge in [0.2, 0.25) is 5.91 Å². The summed E-state index contributed by atoms with van der Waals surface area (Å²) in [4.78, 5) is 18.8. The molecule has 1 aromatic rings. The van der Waals surface area contributed by atoms with Crippen molar-refractivity contribution in [2.24, 2.45) is 21.9 Å². The number of oxime groups is 1. The number of unbranched alkanes of at least 4 members (excludes halogenated alkanes) is 2. The molecule has 0 saturated carbocycles. The summed E-state index contributed by atoms with van der Waals surface area (Å²) in [5.74, 6) is 0.666. The maximum absolute atomic E-state index is 11.7. The molecule has 2 aliphatic rings. The third-order valence-corrected chi connectivity index (χ3v) is 6.14. The Hall–Kier alpha value is -3.55. The van der Waals surface area contributed by atoms with Gasteiger partial charge in [-0.05, 0) is 24.6 Å². The van der Waals surface area contributed by atoms with E-state index in [2.05, 4.69) is 52.7 Å². The van der Waals surface area contributed by atoms with E-state index < -0.39 is 0 Å². The van der Waals surface area contributed by atoms with Crippen LogP contribution in [0.4, 0.5) is 0 Å². The summed E-state index contributed by atoms with van der Waals surface area (Å²) < 4.78 is 0. The quantitative estimate of drug-likeness (QED) is 0.125. The van der Waals surface area contributed by atoms with E-state index in [1.807, 2.05) is 42.8 Å². The van der Waals surface area contributed by atoms with Gasteiger partial charge in [-0.3, -0.25) is 4.79 Å². The fraction of sp³-hybridized carbons (Fsp3) is 0.444. The highest BCUT2D eigenvalue weighted by Gasteiger charge is 2.19. The lowest BCUT2D eigenvalue weighted by Crippen LogP contribution is -2.28. The molecule has 1 fully saturated rings. The van der Waals surface area contributed by atoms with Gasteiger partial charge in [0.15, 0.2) is 5.84 Å². The number of carbonyl (C=O) groups excluding carboxylic acids is 1. The molecular formula is C27H38N6O2. The zero-order valence-corrected chi connectivity index (χ0v) is 20.6. The lowest BCUT2D eigenvalue weighted by Gasteiger charge is -2.16. The third kappa shape index (κ3) is 8.02. The second kappa shape index (κ2) is 14.0. The Morgan fingerprint density at radius 2 is 2.26 bits per heavy atom. The molecule has 0 bridgehead atoms. The van der Waals surface area contributed by atoms with Gasteiger partial charge < -0.3 is 26.2 Å². The standard InChI is InChI=1S/C27H38N6O2/c1-3-5-6-7-9-25(29-16-15-23-20-30-31-24(23)4-2)21-11-13-22(14-12-21)27(28)32-35-19-18-33-17-8-10-26(33)34/h4,7,9,11-16,20,23-25,29,31H,2-3,5-6,8,10,17-19H2,1H3,(H2,28,32)/b9-7+,16-15+. The predicted molar refractivity (Wildman–Crippen MR) is 142 cm³/mol. The highest BCUT2D eigenvalue weighted by Crippen LogP contribution is 2.18. The van der Waals surface area contributed by atoms with Gasteiger partial charge in [-0.1, -0.05) is 73.5 Å². The average molecular weight is 479 g/mol. The van der Waals surface area contributed by atoms with E-state index in [1.54, 1.807) is 4.90 Å². The van der Waals surface area contributed by atoms with Crippen LogP contribution in [0.2, 0.25) is 0 Å². The van der Waals surface area contributed by atoms with Crippen LogP contribution in [0.1, 0.15) is 56.2 Å². The summed E-state index contributed by atoms with van der Waals surface area (Å²) in [7, 11) is 0. The molecule has 35 heavy (non-hydrogen) atoms. The molecule has 2 heterocycles. The maximum Gasteiger partial charge on any atom is 0.222 e. The molecule has 188 valence electrons. The van der Waals surface area contributed by atoms with Crippen LogP contribution in [-0.2, 0) is 9.63 Å². The van der Waals surface area contributed by atoms with Crippen molar-refractivity contribution in [3.05, 3.63) is 72.5 Å². The summed E-state index contributed by atoms with van der Waals surface area (Å²) in [6, 6.07) is 8.12. The van der Waals surface area contributed by atoms with Crippen molar-refractivity contribution in [3.8, 4) is 0 Å². The summed E-state index contributed by atoms with van der Waals surface area (Å²) in [5.41, 5.74) is 11.0. The number of hydrazone groups is 1. The van der Waals surface area contributed by atoms with Gasteiger partial charge in [-0.25, -0.2) is 0 Å². The van der Waals surface area contributed by atoms with Crippen LogP contribution in [0.5, 0.6) is 0 Å². The van der Waals surface area contributed by atoms with E-state index in [4.69, 9.17) is 10.6 Å².